The van der Waals surface area contributed by atoms with Gasteiger partial charge in [-0.1, -0.05) is 26.0 Å². The Labute approximate surface area is 192 Å². The van der Waals surface area contributed by atoms with Gasteiger partial charge in [0.1, 0.15) is 17.5 Å². The van der Waals surface area contributed by atoms with Gasteiger partial charge in [-0.3, -0.25) is 9.59 Å². The molecule has 2 amide bonds. The zero-order valence-corrected chi connectivity index (χ0v) is 19.8. The molecule has 0 bridgehead atoms. The number of ether oxygens (including phenoxy) is 2. The SMILES string of the molecule is CCCNC(=O)[C@@H](CC)N(Cc1ccc(OC)cc1)C(=O)COc1ccc(I)cc1. The van der Waals surface area contributed by atoms with Gasteiger partial charge in [-0.05, 0) is 77.4 Å². The van der Waals surface area contributed by atoms with E-state index in [0.29, 0.717) is 25.3 Å². The fourth-order valence-corrected chi connectivity index (χ4v) is 3.33. The molecule has 2 aromatic carbocycles. The molecule has 1 N–H and O–H groups in total. The molecule has 0 spiro atoms. The fraction of sp³-hybridized carbons (Fsp3) is 0.391. The Morgan fingerprint density at radius 1 is 1.03 bits per heavy atom. The van der Waals surface area contributed by atoms with Gasteiger partial charge >= 0.3 is 0 Å². The molecule has 0 aliphatic carbocycles. The van der Waals surface area contributed by atoms with E-state index in [1.54, 1.807) is 12.0 Å². The lowest BCUT2D eigenvalue weighted by Crippen LogP contribution is -2.50. The third-order valence-electron chi connectivity index (χ3n) is 4.62. The maximum Gasteiger partial charge on any atom is 0.261 e. The molecule has 162 valence electrons. The number of methoxy groups -OCH3 is 1. The summed E-state index contributed by atoms with van der Waals surface area (Å²) in [5.74, 6) is 0.987. The van der Waals surface area contributed by atoms with Crippen molar-refractivity contribution in [2.24, 2.45) is 0 Å². The Bertz CT molecular complexity index is 809. The molecule has 30 heavy (non-hydrogen) atoms. The molecule has 0 heterocycles. The lowest BCUT2D eigenvalue weighted by molar-refractivity contribution is -0.143. The number of amides is 2. The molecule has 0 fully saturated rings. The van der Waals surface area contributed by atoms with E-state index >= 15 is 0 Å². The smallest absolute Gasteiger partial charge is 0.261 e. The van der Waals surface area contributed by atoms with Crippen LogP contribution in [0.3, 0.4) is 0 Å². The molecular weight excluding hydrogens is 495 g/mol. The summed E-state index contributed by atoms with van der Waals surface area (Å²) < 4.78 is 12.0. The minimum atomic E-state index is -0.563. The maximum absolute atomic E-state index is 13.1. The minimum Gasteiger partial charge on any atom is -0.497 e. The molecule has 0 aliphatic rings. The third-order valence-corrected chi connectivity index (χ3v) is 5.34. The first-order valence-electron chi connectivity index (χ1n) is 10.1. The highest BCUT2D eigenvalue weighted by atomic mass is 127. The van der Waals surface area contributed by atoms with E-state index in [2.05, 4.69) is 27.9 Å². The van der Waals surface area contributed by atoms with Crippen molar-refractivity contribution in [2.75, 3.05) is 20.3 Å². The Morgan fingerprint density at radius 2 is 1.67 bits per heavy atom. The van der Waals surface area contributed by atoms with Crippen LogP contribution in [-0.2, 0) is 16.1 Å². The van der Waals surface area contributed by atoms with E-state index in [-0.39, 0.29) is 18.4 Å². The number of benzene rings is 2. The summed E-state index contributed by atoms with van der Waals surface area (Å²) in [7, 11) is 1.61. The zero-order chi connectivity index (χ0) is 21.9. The maximum atomic E-state index is 13.1. The van der Waals surface area contributed by atoms with Crippen molar-refractivity contribution in [3.63, 3.8) is 0 Å². The lowest BCUT2D eigenvalue weighted by atomic mass is 10.1. The monoisotopic (exact) mass is 524 g/mol. The van der Waals surface area contributed by atoms with Crippen LogP contribution in [0.1, 0.15) is 32.3 Å². The highest BCUT2D eigenvalue weighted by molar-refractivity contribution is 14.1. The van der Waals surface area contributed by atoms with Crippen LogP contribution in [0.2, 0.25) is 0 Å². The standard InChI is InChI=1S/C23H29IN2O4/c1-4-14-25-23(28)21(5-2)26(15-17-6-10-19(29-3)11-7-17)22(27)16-30-20-12-8-18(24)9-13-20/h6-13,21H,4-5,14-16H2,1-3H3,(H,25,28)/t21-/m1/s1. The predicted molar refractivity (Wildman–Crippen MR) is 126 cm³/mol. The van der Waals surface area contributed by atoms with Gasteiger partial charge < -0.3 is 19.7 Å². The molecule has 0 aromatic heterocycles. The first-order chi connectivity index (χ1) is 14.5. The quantitative estimate of drug-likeness (QED) is 0.452. The summed E-state index contributed by atoms with van der Waals surface area (Å²) in [5, 5.41) is 2.91. The molecule has 0 unspecified atom stereocenters. The normalized spacial score (nSPS) is 11.5. The molecular formula is C23H29IN2O4. The molecule has 0 saturated carbocycles. The summed E-state index contributed by atoms with van der Waals surface area (Å²) in [4.78, 5) is 27.4. The van der Waals surface area contributed by atoms with Gasteiger partial charge in [-0.25, -0.2) is 0 Å². The van der Waals surface area contributed by atoms with Crippen molar-refractivity contribution < 1.29 is 19.1 Å². The number of nitrogens with zero attached hydrogens (tertiary/aromatic N) is 1. The van der Waals surface area contributed by atoms with E-state index in [1.807, 2.05) is 62.4 Å². The summed E-state index contributed by atoms with van der Waals surface area (Å²) in [5.41, 5.74) is 0.917. The number of carbonyl (C=O) groups is 2. The number of hydrogen-bond acceptors (Lipinski definition) is 4. The summed E-state index contributed by atoms with van der Waals surface area (Å²) in [6.07, 6.45) is 1.35. The average Bonchev–Trinajstić information content (AvgIpc) is 2.77. The van der Waals surface area contributed by atoms with Crippen LogP contribution in [0.5, 0.6) is 11.5 Å². The van der Waals surface area contributed by atoms with Gasteiger partial charge in [0.15, 0.2) is 6.61 Å². The van der Waals surface area contributed by atoms with Gasteiger partial charge in [0, 0.05) is 16.7 Å². The predicted octanol–water partition coefficient (Wildman–Crippen LogP) is 4.01. The molecule has 2 rings (SSSR count). The highest BCUT2D eigenvalue weighted by Crippen LogP contribution is 2.18. The largest absolute Gasteiger partial charge is 0.497 e. The molecule has 0 saturated heterocycles. The van der Waals surface area contributed by atoms with Gasteiger partial charge in [0.05, 0.1) is 7.11 Å². The van der Waals surface area contributed by atoms with Crippen LogP contribution >= 0.6 is 22.6 Å². The van der Waals surface area contributed by atoms with Crippen LogP contribution in [-0.4, -0.2) is 43.0 Å². The number of carbonyl (C=O) groups excluding carboxylic acids is 2. The number of rotatable bonds is 11. The number of halogens is 1. The topological polar surface area (TPSA) is 67.9 Å². The van der Waals surface area contributed by atoms with Gasteiger partial charge in [0.25, 0.3) is 5.91 Å². The molecule has 7 heteroatoms. The van der Waals surface area contributed by atoms with Gasteiger partial charge in [-0.15, -0.1) is 0 Å². The van der Waals surface area contributed by atoms with Crippen molar-refractivity contribution in [1.29, 1.82) is 0 Å². The van der Waals surface area contributed by atoms with Gasteiger partial charge in [0.2, 0.25) is 5.91 Å². The van der Waals surface area contributed by atoms with Crippen LogP contribution in [0.15, 0.2) is 48.5 Å². The summed E-state index contributed by atoms with van der Waals surface area (Å²) in [6.45, 7) is 4.67. The minimum absolute atomic E-state index is 0.131. The van der Waals surface area contributed by atoms with Crippen molar-refractivity contribution in [1.82, 2.24) is 10.2 Å². The van der Waals surface area contributed by atoms with Crippen LogP contribution in [0, 0.1) is 3.57 Å². The molecule has 0 aliphatic heterocycles. The molecule has 1 atom stereocenters. The fourth-order valence-electron chi connectivity index (χ4n) is 2.97. The Hall–Kier alpha value is -2.29. The first kappa shape index (κ1) is 24.0. The lowest BCUT2D eigenvalue weighted by Gasteiger charge is -2.30. The molecule has 2 aromatic rings. The van der Waals surface area contributed by atoms with Crippen molar-refractivity contribution >= 4 is 34.4 Å². The molecule has 0 radical (unpaired) electrons. The van der Waals surface area contributed by atoms with Crippen molar-refractivity contribution in [2.45, 2.75) is 39.3 Å². The zero-order valence-electron chi connectivity index (χ0n) is 17.7. The second-order valence-corrected chi connectivity index (χ2v) is 8.07. The van der Waals surface area contributed by atoms with E-state index in [0.717, 1.165) is 21.3 Å². The van der Waals surface area contributed by atoms with Crippen LogP contribution < -0.4 is 14.8 Å². The van der Waals surface area contributed by atoms with E-state index in [9.17, 15) is 9.59 Å². The summed E-state index contributed by atoms with van der Waals surface area (Å²) >= 11 is 2.21. The Morgan fingerprint density at radius 3 is 2.23 bits per heavy atom. The third kappa shape index (κ3) is 7.19. The van der Waals surface area contributed by atoms with Gasteiger partial charge in [-0.2, -0.15) is 0 Å². The number of hydrogen-bond donors (Lipinski definition) is 1. The van der Waals surface area contributed by atoms with E-state index < -0.39 is 6.04 Å². The highest BCUT2D eigenvalue weighted by Gasteiger charge is 2.28. The second kappa shape index (κ2) is 12.4. The van der Waals surface area contributed by atoms with E-state index in [1.165, 1.54) is 0 Å². The summed E-state index contributed by atoms with van der Waals surface area (Å²) in [6, 6.07) is 14.4. The Kier molecular flexibility index (Phi) is 9.93. The van der Waals surface area contributed by atoms with E-state index in [4.69, 9.17) is 9.47 Å². The van der Waals surface area contributed by atoms with Crippen LogP contribution in [0.25, 0.3) is 0 Å². The average molecular weight is 524 g/mol. The van der Waals surface area contributed by atoms with Crippen molar-refractivity contribution in [3.05, 3.63) is 57.7 Å². The van der Waals surface area contributed by atoms with Crippen molar-refractivity contribution in [3.8, 4) is 11.5 Å². The number of nitrogens with one attached hydrogen (secondary N) is 1. The van der Waals surface area contributed by atoms with Crippen LogP contribution in [0.4, 0.5) is 0 Å². The molecule has 6 nitrogen and oxygen atoms in total. The Balaban J connectivity index is 2.17. The first-order valence-corrected chi connectivity index (χ1v) is 11.1. The second-order valence-electron chi connectivity index (χ2n) is 6.83.